The van der Waals surface area contributed by atoms with E-state index in [9.17, 15) is 19.2 Å². The van der Waals surface area contributed by atoms with Crippen molar-refractivity contribution in [3.05, 3.63) is 58.7 Å². The van der Waals surface area contributed by atoms with E-state index in [0.29, 0.717) is 50.1 Å². The summed E-state index contributed by atoms with van der Waals surface area (Å²) in [5.41, 5.74) is 6.12. The number of hydrogen-bond acceptors (Lipinski definition) is 8. The number of nitrogens with one attached hydrogen (secondary N) is 2. The molecule has 0 unspecified atom stereocenters. The van der Waals surface area contributed by atoms with Crippen molar-refractivity contribution >= 4 is 48.2 Å². The molecule has 0 aromatic heterocycles. The molecule has 2 aromatic rings. The van der Waals surface area contributed by atoms with Gasteiger partial charge in [0.15, 0.2) is 6.54 Å². The lowest BCUT2D eigenvalue weighted by atomic mass is 10.1. The van der Waals surface area contributed by atoms with Crippen LogP contribution in [0.4, 0.5) is 11.4 Å². The number of para-hydroxylation sites is 2. The van der Waals surface area contributed by atoms with Gasteiger partial charge in [0.2, 0.25) is 6.41 Å². The lowest BCUT2D eigenvalue weighted by molar-refractivity contribution is -0.923. The second-order valence-electron chi connectivity index (χ2n) is 19.5. The Morgan fingerprint density at radius 2 is 0.773 bits per heavy atom. The fourth-order valence-electron chi connectivity index (χ4n) is 8.64. The van der Waals surface area contributed by atoms with Gasteiger partial charge < -0.3 is 38.5 Å². The molecule has 12 nitrogen and oxygen atoms in total. The van der Waals surface area contributed by atoms with Crippen molar-refractivity contribution in [2.45, 2.75) is 205 Å². The topological polar surface area (TPSA) is 129 Å². The zero-order valence-corrected chi connectivity index (χ0v) is 51.6. The third-order valence-corrected chi connectivity index (χ3v) is 14.2. The van der Waals surface area contributed by atoms with Crippen molar-refractivity contribution in [3.8, 4) is 0 Å². The Bertz CT molecular complexity index is 1480. The van der Waals surface area contributed by atoms with E-state index in [-0.39, 0.29) is 5.91 Å². The fourth-order valence-corrected chi connectivity index (χ4v) is 8.64. The number of likely N-dealkylation sites (N-methyl/N-ethyl adjacent to an activating group) is 2. The van der Waals surface area contributed by atoms with E-state index >= 15 is 0 Å². The minimum Gasteiger partial charge on any atom is -0.462 e. The number of aryl methyl sites for hydroxylation is 4. The number of hydrogen-bond donors (Lipinski definition) is 2. The van der Waals surface area contributed by atoms with Crippen LogP contribution in [-0.2, 0) is 38.1 Å². The number of amides is 2. The fraction of sp³-hybridized carbons (Fsp3) is 0.742. The van der Waals surface area contributed by atoms with Gasteiger partial charge in [-0.25, -0.2) is 0 Å². The van der Waals surface area contributed by atoms with Crippen LogP contribution in [0.25, 0.3) is 0 Å². The maximum atomic E-state index is 12.4. The average Bonchev–Trinajstić information content (AvgIpc) is 3.42. The first-order valence-electron chi connectivity index (χ1n) is 29.1. The second-order valence-corrected chi connectivity index (χ2v) is 19.5. The summed E-state index contributed by atoms with van der Waals surface area (Å²) < 4.78 is 21.2. The Labute approximate surface area is 466 Å². The molecule has 0 aliphatic carbocycles. The Hall–Kier alpha value is -3.55. The Morgan fingerprint density at radius 1 is 0.467 bits per heavy atom. The van der Waals surface area contributed by atoms with Crippen LogP contribution in [0.2, 0.25) is 0 Å². The number of nitrogens with zero attached hydrogens (tertiary/aromatic N) is 2. The van der Waals surface area contributed by atoms with Crippen molar-refractivity contribution in [1.29, 1.82) is 0 Å². The van der Waals surface area contributed by atoms with Crippen LogP contribution in [0.15, 0.2) is 36.4 Å². The number of carbonyl (C=O) groups is 4. The molecule has 0 fully saturated rings. The summed E-state index contributed by atoms with van der Waals surface area (Å²) in [7, 11) is 3.57. The second kappa shape index (κ2) is 58.1. The first-order valence-corrected chi connectivity index (χ1v) is 29.8. The van der Waals surface area contributed by atoms with Gasteiger partial charge in [-0.15, -0.1) is 11.6 Å². The number of rotatable bonds is 40. The van der Waals surface area contributed by atoms with Gasteiger partial charge >= 0.3 is 0 Å². The summed E-state index contributed by atoms with van der Waals surface area (Å²) in [6.45, 7) is 33.7. The van der Waals surface area contributed by atoms with Gasteiger partial charge in [-0.3, -0.25) is 19.2 Å². The smallest absolute Gasteiger partial charge is 0.293 e. The molecule has 2 aromatic carbocycles. The summed E-state index contributed by atoms with van der Waals surface area (Å²) in [5.74, 6) is -0.00722. The summed E-state index contributed by atoms with van der Waals surface area (Å²) in [6, 6.07) is 11.9. The van der Waals surface area contributed by atoms with Crippen LogP contribution in [-0.4, -0.2) is 134 Å². The minimum atomic E-state index is -0.00722. The van der Waals surface area contributed by atoms with Crippen molar-refractivity contribution in [2.75, 3.05) is 110 Å². The number of unbranched alkanes of at least 4 members (excludes halogenated alkanes) is 18. The van der Waals surface area contributed by atoms with Gasteiger partial charge in [-0.2, -0.15) is 0 Å². The monoisotopic (exact) mass is 1080 g/mol. The molecule has 438 valence electrons. The maximum Gasteiger partial charge on any atom is 0.293 e. The SMILES string of the molecule is CCCCCCCCCCCCOC.CCCCCCCCCCCCOC.CC[N+](CC)(CC)CCOC=O.CC[N+](CC)(CCOC=O)CC(=O)Nc1c(C)cccc1C.CCl.Cc1cccc(C)c1NC=O. The standard InChI is InChI=1S/C17H26N2O3.2C13H28O.C9H20NO2.C9H11NO.CH3Cl/c1-5-19(6-2,10-11-22-13-20)12-16(21)18-17-14(3)8-7-9-15(17)4;2*1-3-4-5-6-7-8-9-10-11-12-13-14-2;1-4-10(5-2,6-3)7-8-12-9-11;1-7-4-3-5-8(2)9(7)10-6-11;1-2/h7-9,13H,5-6,10-12H2,1-4H3;2*3-13H2,1-2H3;9H,4-8H2,1-3H3;3-6H,1-2H3,(H,10,11);1H3/q;;;+1;;/p+1. The third kappa shape index (κ3) is 45.2. The van der Waals surface area contributed by atoms with Crippen LogP contribution < -0.4 is 10.6 Å². The van der Waals surface area contributed by atoms with E-state index in [1.165, 1.54) is 135 Å². The molecule has 75 heavy (non-hydrogen) atoms. The molecule has 2 N–H and O–H groups in total. The predicted octanol–water partition coefficient (Wildman–Crippen LogP) is 15.1. The van der Waals surface area contributed by atoms with Gasteiger partial charge in [-0.05, 0) is 97.4 Å². The molecule has 0 aliphatic heterocycles. The van der Waals surface area contributed by atoms with Crippen LogP contribution in [0.1, 0.15) is 199 Å². The number of ether oxygens (including phenoxy) is 4. The van der Waals surface area contributed by atoms with E-state index in [1.807, 2.05) is 64.1 Å². The molecule has 0 saturated carbocycles. The van der Waals surface area contributed by atoms with Gasteiger partial charge in [0, 0.05) is 45.2 Å². The van der Waals surface area contributed by atoms with Gasteiger partial charge in [-0.1, -0.05) is 166 Å². The highest BCUT2D eigenvalue weighted by molar-refractivity contribution is 6.15. The number of halogens is 1. The number of anilines is 2. The Morgan fingerprint density at radius 3 is 1.07 bits per heavy atom. The van der Waals surface area contributed by atoms with Crippen LogP contribution in [0, 0.1) is 27.7 Å². The summed E-state index contributed by atoms with van der Waals surface area (Å²) in [4.78, 5) is 42.8. The highest BCUT2D eigenvalue weighted by Crippen LogP contribution is 2.21. The zero-order chi connectivity index (χ0) is 57.3. The van der Waals surface area contributed by atoms with Crippen molar-refractivity contribution < 1.29 is 47.1 Å². The molecule has 0 radical (unpaired) electrons. The lowest BCUT2D eigenvalue weighted by Crippen LogP contribution is -2.53. The quantitative estimate of drug-likeness (QED) is 0.0292. The molecular formula is C62H117ClN4O8+2. The average molecular weight is 1080 g/mol. The minimum absolute atomic E-state index is 0.00722. The van der Waals surface area contributed by atoms with Crippen LogP contribution >= 0.6 is 11.6 Å². The van der Waals surface area contributed by atoms with E-state index in [4.69, 9.17) is 18.9 Å². The Kier molecular flexibility index (Phi) is 60.4. The number of methoxy groups -OCH3 is 2. The van der Waals surface area contributed by atoms with E-state index in [0.717, 1.165) is 90.6 Å². The largest absolute Gasteiger partial charge is 0.462 e. The molecule has 0 aliphatic rings. The van der Waals surface area contributed by atoms with Crippen LogP contribution in [0.3, 0.4) is 0 Å². The first-order chi connectivity index (χ1) is 36.3. The zero-order valence-electron chi connectivity index (χ0n) is 50.9. The van der Waals surface area contributed by atoms with Crippen molar-refractivity contribution in [3.63, 3.8) is 0 Å². The summed E-state index contributed by atoms with van der Waals surface area (Å²) in [5, 5.41) is 5.69. The van der Waals surface area contributed by atoms with E-state index in [1.54, 1.807) is 14.2 Å². The van der Waals surface area contributed by atoms with Gasteiger partial charge in [0.05, 0.1) is 32.7 Å². The molecule has 2 rings (SSSR count). The predicted molar refractivity (Wildman–Crippen MR) is 321 cm³/mol. The van der Waals surface area contributed by atoms with Gasteiger partial charge in [0.25, 0.3) is 18.9 Å². The molecule has 0 atom stereocenters. The molecule has 13 heteroatoms. The number of benzene rings is 2. The highest BCUT2D eigenvalue weighted by atomic mass is 35.5. The Balaban J connectivity index is -0.000000427. The highest BCUT2D eigenvalue weighted by Gasteiger charge is 2.27. The molecule has 0 heterocycles. The molecule has 2 amide bonds. The molecule has 0 spiro atoms. The normalized spacial score (nSPS) is 10.5. The third-order valence-electron chi connectivity index (χ3n) is 14.2. The van der Waals surface area contributed by atoms with E-state index < -0.39 is 0 Å². The van der Waals surface area contributed by atoms with Crippen molar-refractivity contribution in [2.24, 2.45) is 0 Å². The van der Waals surface area contributed by atoms with E-state index in [2.05, 4.69) is 70.7 Å². The molecular weight excluding hydrogens is 964 g/mol. The van der Waals surface area contributed by atoms with Crippen molar-refractivity contribution in [1.82, 2.24) is 0 Å². The number of quaternary nitrogens is 2. The molecule has 0 bridgehead atoms. The summed E-state index contributed by atoms with van der Waals surface area (Å²) in [6.07, 6.45) is 30.1. The maximum absolute atomic E-state index is 12.4. The molecule has 0 saturated heterocycles. The number of alkyl halides is 1. The van der Waals surface area contributed by atoms with Crippen LogP contribution in [0.5, 0.6) is 0 Å². The lowest BCUT2D eigenvalue weighted by Gasteiger charge is -2.35. The first kappa shape index (κ1) is 77.9. The number of carbonyl (C=O) groups excluding carboxylic acids is 4. The van der Waals surface area contributed by atoms with Gasteiger partial charge in [0.1, 0.15) is 26.3 Å². The summed E-state index contributed by atoms with van der Waals surface area (Å²) >= 11 is 4.64.